The summed E-state index contributed by atoms with van der Waals surface area (Å²) in [6, 6.07) is 10.3. The number of hydrogen-bond donors (Lipinski definition) is 2. The second-order valence-corrected chi connectivity index (χ2v) is 8.19. The van der Waals surface area contributed by atoms with Gasteiger partial charge in [0.25, 0.3) is 0 Å². The van der Waals surface area contributed by atoms with Gasteiger partial charge < -0.3 is 14.9 Å². The van der Waals surface area contributed by atoms with Crippen molar-refractivity contribution in [2.24, 2.45) is 11.8 Å². The summed E-state index contributed by atoms with van der Waals surface area (Å²) in [5, 5.41) is 20.0. The summed E-state index contributed by atoms with van der Waals surface area (Å²) in [4.78, 5) is 10.7. The van der Waals surface area contributed by atoms with Gasteiger partial charge in [0, 0.05) is 19.6 Å². The molecule has 162 valence electrons. The van der Waals surface area contributed by atoms with E-state index in [0.717, 1.165) is 25.9 Å². The van der Waals surface area contributed by atoms with E-state index in [1.54, 1.807) is 12.4 Å². The van der Waals surface area contributed by atoms with E-state index in [-0.39, 0.29) is 6.10 Å². The minimum absolute atomic E-state index is 0.127. The summed E-state index contributed by atoms with van der Waals surface area (Å²) >= 11 is 0. The van der Waals surface area contributed by atoms with Crippen molar-refractivity contribution in [3.8, 4) is 5.88 Å². The molecule has 1 aromatic carbocycles. The number of nitrogens with zero attached hydrogens (tertiary/aromatic N) is 3. The van der Waals surface area contributed by atoms with Gasteiger partial charge in [0.1, 0.15) is 12.7 Å². The third kappa shape index (κ3) is 6.62. The summed E-state index contributed by atoms with van der Waals surface area (Å²) in [6.45, 7) is 6.96. The molecule has 2 aromatic rings. The number of benzene rings is 1. The zero-order valence-corrected chi connectivity index (χ0v) is 17.9. The first-order valence-corrected chi connectivity index (χ1v) is 10.7. The van der Waals surface area contributed by atoms with E-state index < -0.39 is 6.10 Å². The first-order valence-electron chi connectivity index (χ1n) is 10.7. The van der Waals surface area contributed by atoms with E-state index in [0.29, 0.717) is 36.6 Å². The highest BCUT2D eigenvalue weighted by Crippen LogP contribution is 2.38. The number of aliphatic hydroxyl groups is 2. The van der Waals surface area contributed by atoms with Crippen molar-refractivity contribution >= 4 is 0 Å². The van der Waals surface area contributed by atoms with Crippen molar-refractivity contribution in [1.29, 1.82) is 0 Å². The van der Waals surface area contributed by atoms with Gasteiger partial charge in [-0.15, -0.1) is 0 Å². The van der Waals surface area contributed by atoms with Crippen LogP contribution in [0.5, 0.6) is 5.88 Å². The second-order valence-electron chi connectivity index (χ2n) is 8.19. The lowest BCUT2D eigenvalue weighted by Crippen LogP contribution is -2.28. The SMILES string of the molecule is C/C=C/COc1cnc(C(O)CN2C[C@H]3CC(O)C[C@H]3C2)cn1.Cc1ccccc1. The minimum atomic E-state index is -0.643. The Balaban J connectivity index is 0.000000310. The van der Waals surface area contributed by atoms with Crippen molar-refractivity contribution in [2.75, 3.05) is 26.2 Å². The maximum atomic E-state index is 10.4. The van der Waals surface area contributed by atoms with Gasteiger partial charge in [-0.2, -0.15) is 0 Å². The number of rotatable bonds is 6. The van der Waals surface area contributed by atoms with Crippen molar-refractivity contribution in [3.63, 3.8) is 0 Å². The molecule has 1 aliphatic carbocycles. The van der Waals surface area contributed by atoms with Crippen LogP contribution in [0.15, 0.2) is 54.9 Å². The van der Waals surface area contributed by atoms with E-state index in [2.05, 4.69) is 33.9 Å². The smallest absolute Gasteiger partial charge is 0.232 e. The molecule has 0 spiro atoms. The van der Waals surface area contributed by atoms with Crippen molar-refractivity contribution in [1.82, 2.24) is 14.9 Å². The first-order chi connectivity index (χ1) is 14.5. The summed E-state index contributed by atoms with van der Waals surface area (Å²) in [6.07, 6.45) is 7.97. The highest BCUT2D eigenvalue weighted by molar-refractivity contribution is 5.12. The lowest BCUT2D eigenvalue weighted by molar-refractivity contribution is 0.110. The fourth-order valence-corrected chi connectivity index (χ4v) is 4.19. The van der Waals surface area contributed by atoms with Crippen LogP contribution in [0.2, 0.25) is 0 Å². The molecule has 0 amide bonds. The third-order valence-electron chi connectivity index (χ3n) is 5.73. The molecule has 1 aromatic heterocycles. The molecule has 1 saturated carbocycles. The molecule has 6 nitrogen and oxygen atoms in total. The number of aryl methyl sites for hydroxylation is 1. The highest BCUT2D eigenvalue weighted by Gasteiger charge is 2.40. The Bertz CT molecular complexity index is 768. The molecule has 30 heavy (non-hydrogen) atoms. The fourth-order valence-electron chi connectivity index (χ4n) is 4.19. The van der Waals surface area contributed by atoms with Crippen molar-refractivity contribution in [2.45, 2.75) is 38.9 Å². The Morgan fingerprint density at radius 1 is 1.13 bits per heavy atom. The molecule has 1 saturated heterocycles. The molecule has 2 aliphatic rings. The molecule has 0 radical (unpaired) electrons. The monoisotopic (exact) mass is 411 g/mol. The molecule has 2 heterocycles. The average Bonchev–Trinajstić information content (AvgIpc) is 3.26. The Labute approximate surface area is 179 Å². The maximum Gasteiger partial charge on any atom is 0.232 e. The Hall–Kier alpha value is -2.28. The number of ether oxygens (including phenoxy) is 1. The van der Waals surface area contributed by atoms with Crippen molar-refractivity contribution < 1.29 is 14.9 Å². The van der Waals surface area contributed by atoms with Crippen LogP contribution in [0.4, 0.5) is 0 Å². The largest absolute Gasteiger partial charge is 0.472 e. The van der Waals surface area contributed by atoms with Crippen LogP contribution in [0, 0.1) is 18.8 Å². The molecule has 2 N–H and O–H groups in total. The molecule has 4 atom stereocenters. The van der Waals surface area contributed by atoms with E-state index in [4.69, 9.17) is 4.74 Å². The zero-order chi connectivity index (χ0) is 21.3. The molecule has 4 rings (SSSR count). The van der Waals surface area contributed by atoms with Crippen LogP contribution in [-0.2, 0) is 0 Å². The first kappa shape index (κ1) is 22.4. The van der Waals surface area contributed by atoms with Gasteiger partial charge in [-0.3, -0.25) is 9.88 Å². The topological polar surface area (TPSA) is 78.7 Å². The molecular weight excluding hydrogens is 378 g/mol. The Kier molecular flexibility index (Phi) is 8.37. The molecule has 2 unspecified atom stereocenters. The van der Waals surface area contributed by atoms with Gasteiger partial charge in [0.15, 0.2) is 0 Å². The fraction of sp³-hybridized carbons (Fsp3) is 0.500. The summed E-state index contributed by atoms with van der Waals surface area (Å²) < 4.78 is 5.40. The molecule has 0 bridgehead atoms. The third-order valence-corrected chi connectivity index (χ3v) is 5.73. The Morgan fingerprint density at radius 3 is 2.37 bits per heavy atom. The van der Waals surface area contributed by atoms with Crippen LogP contribution >= 0.6 is 0 Å². The lowest BCUT2D eigenvalue weighted by Gasteiger charge is -2.20. The zero-order valence-electron chi connectivity index (χ0n) is 17.9. The summed E-state index contributed by atoms with van der Waals surface area (Å²) in [7, 11) is 0. The van der Waals surface area contributed by atoms with E-state index in [1.807, 2.05) is 37.3 Å². The average molecular weight is 412 g/mol. The molecule has 6 heteroatoms. The van der Waals surface area contributed by atoms with E-state index in [1.165, 1.54) is 5.56 Å². The molecule has 2 fully saturated rings. The van der Waals surface area contributed by atoms with Gasteiger partial charge in [0.05, 0.1) is 24.2 Å². The standard InChI is InChI=1S/C17H25N3O3.C7H8/c1-2-3-4-23-17-8-18-15(7-19-17)16(22)11-20-9-12-5-14(21)6-13(12)10-20;1-7-5-3-2-4-6-7/h2-3,7-8,12-14,16,21-22H,4-6,9-11H2,1H3;2-6H,1H3/b3-2+;/t12-,13+,14?,16?;. The van der Waals surface area contributed by atoms with Crippen molar-refractivity contribution in [3.05, 3.63) is 66.1 Å². The minimum Gasteiger partial charge on any atom is -0.472 e. The highest BCUT2D eigenvalue weighted by atomic mass is 16.5. The van der Waals surface area contributed by atoms with Gasteiger partial charge in [-0.25, -0.2) is 4.98 Å². The van der Waals surface area contributed by atoms with Gasteiger partial charge in [0.2, 0.25) is 5.88 Å². The number of β-amino-alcohol motifs (C(OH)–C–C–N with tert-alkyl or cyclic N) is 1. The van der Waals surface area contributed by atoms with Crippen LogP contribution < -0.4 is 4.74 Å². The number of aliphatic hydroxyl groups excluding tert-OH is 2. The summed E-state index contributed by atoms with van der Waals surface area (Å²) in [5.74, 6) is 1.61. The normalized spacial score (nSPS) is 24.3. The number of fused-ring (bicyclic) bond motifs is 1. The number of aromatic nitrogens is 2. The Morgan fingerprint density at radius 2 is 1.83 bits per heavy atom. The number of hydrogen-bond acceptors (Lipinski definition) is 6. The van der Waals surface area contributed by atoms with Gasteiger partial charge >= 0.3 is 0 Å². The second kappa shape index (κ2) is 11.2. The number of likely N-dealkylation sites (tertiary alicyclic amines) is 1. The van der Waals surface area contributed by atoms with E-state index in [9.17, 15) is 10.2 Å². The predicted molar refractivity (Wildman–Crippen MR) is 117 cm³/mol. The van der Waals surface area contributed by atoms with Gasteiger partial charge in [-0.1, -0.05) is 48.0 Å². The quantitative estimate of drug-likeness (QED) is 0.711. The van der Waals surface area contributed by atoms with Crippen LogP contribution in [0.3, 0.4) is 0 Å². The predicted octanol–water partition coefficient (Wildman–Crippen LogP) is 3.16. The van der Waals surface area contributed by atoms with Crippen LogP contribution in [-0.4, -0.2) is 57.4 Å². The van der Waals surface area contributed by atoms with Crippen LogP contribution in [0.25, 0.3) is 0 Å². The molecular formula is C24H33N3O3. The lowest BCUT2D eigenvalue weighted by atomic mass is 10.0. The van der Waals surface area contributed by atoms with E-state index >= 15 is 0 Å². The molecule has 1 aliphatic heterocycles. The summed E-state index contributed by atoms with van der Waals surface area (Å²) in [5.41, 5.74) is 1.89. The van der Waals surface area contributed by atoms with Crippen LogP contribution in [0.1, 0.15) is 37.1 Å². The maximum absolute atomic E-state index is 10.4. The van der Waals surface area contributed by atoms with Gasteiger partial charge in [-0.05, 0) is 38.5 Å². The number of allylic oxidation sites excluding steroid dienone is 1.